The Morgan fingerprint density at radius 1 is 0.860 bits per heavy atom. The predicted molar refractivity (Wildman–Crippen MR) is 167 cm³/mol. The van der Waals surface area contributed by atoms with Crippen LogP contribution in [0.15, 0.2) is 108 Å². The van der Waals surface area contributed by atoms with Crippen molar-refractivity contribution in [3.05, 3.63) is 130 Å². The van der Waals surface area contributed by atoms with Crippen molar-refractivity contribution in [2.45, 2.75) is 30.8 Å². The molecule has 1 atom stereocenters. The molecule has 1 N–H and O–H groups in total. The van der Waals surface area contributed by atoms with Gasteiger partial charge in [-0.15, -0.1) is 0 Å². The van der Waals surface area contributed by atoms with Gasteiger partial charge in [-0.05, 0) is 42.8 Å². The molecule has 0 fully saturated rings. The van der Waals surface area contributed by atoms with E-state index in [4.69, 9.17) is 23.2 Å². The number of rotatable bonds is 12. The number of nitrogens with one attached hydrogen (secondary N) is 1. The first kappa shape index (κ1) is 32.0. The standard InChI is InChI=1S/C32H30Cl2FN3O4S/c1-2-36-32(40)29(20-23-12-5-3-6-13-23)37(21-24-14-9-10-18-27(24)35)30(39)22-38(28-19-11-17-26(33)31(28)34)43(41,42)25-15-7-4-8-16-25/h3-19,29H,2,20-22H2,1H3,(H,36,40)/t29-/m1/s1. The topological polar surface area (TPSA) is 86.8 Å². The maximum Gasteiger partial charge on any atom is 0.264 e. The van der Waals surface area contributed by atoms with E-state index in [1.54, 1.807) is 31.2 Å². The summed E-state index contributed by atoms with van der Waals surface area (Å²) >= 11 is 12.7. The SMILES string of the molecule is CCNC(=O)[C@@H](Cc1ccccc1)N(Cc1ccccc1F)C(=O)CN(c1cccc(Cl)c1Cl)S(=O)(=O)c1ccccc1. The molecule has 4 aromatic carbocycles. The second-order valence-corrected chi connectivity index (χ2v) is 12.3. The average Bonchev–Trinajstić information content (AvgIpc) is 3.01. The monoisotopic (exact) mass is 641 g/mol. The van der Waals surface area contributed by atoms with Gasteiger partial charge in [-0.3, -0.25) is 13.9 Å². The van der Waals surface area contributed by atoms with Crippen molar-refractivity contribution in [1.29, 1.82) is 0 Å². The molecular formula is C32H30Cl2FN3O4S. The first-order valence-corrected chi connectivity index (χ1v) is 15.7. The fourth-order valence-electron chi connectivity index (χ4n) is 4.57. The van der Waals surface area contributed by atoms with Gasteiger partial charge in [0.15, 0.2) is 0 Å². The number of hydrogen-bond donors (Lipinski definition) is 1. The molecule has 0 aliphatic rings. The van der Waals surface area contributed by atoms with Gasteiger partial charge >= 0.3 is 0 Å². The fourth-order valence-corrected chi connectivity index (χ4v) is 6.47. The van der Waals surface area contributed by atoms with E-state index in [0.29, 0.717) is 6.54 Å². The molecule has 0 aliphatic carbocycles. The normalized spacial score (nSPS) is 11.9. The minimum absolute atomic E-state index is 0.0187. The summed E-state index contributed by atoms with van der Waals surface area (Å²) in [7, 11) is -4.35. The number of carbonyl (C=O) groups is 2. The first-order chi connectivity index (χ1) is 20.6. The van der Waals surface area contributed by atoms with Crippen LogP contribution in [0.1, 0.15) is 18.1 Å². The van der Waals surface area contributed by atoms with E-state index in [0.717, 1.165) is 9.87 Å². The van der Waals surface area contributed by atoms with E-state index in [1.165, 1.54) is 53.4 Å². The Labute approximate surface area is 260 Å². The lowest BCUT2D eigenvalue weighted by Gasteiger charge is -2.34. The number of halogens is 3. The van der Waals surface area contributed by atoms with Gasteiger partial charge in [0.1, 0.15) is 18.4 Å². The highest BCUT2D eigenvalue weighted by atomic mass is 35.5. The Morgan fingerprint density at radius 2 is 1.49 bits per heavy atom. The van der Waals surface area contributed by atoms with E-state index >= 15 is 0 Å². The molecule has 43 heavy (non-hydrogen) atoms. The number of anilines is 1. The van der Waals surface area contributed by atoms with Crippen LogP contribution in [0.2, 0.25) is 10.0 Å². The summed E-state index contributed by atoms with van der Waals surface area (Å²) in [6.07, 6.45) is 0.107. The number of sulfonamides is 1. The van der Waals surface area contributed by atoms with Gasteiger partial charge in [0.2, 0.25) is 11.8 Å². The molecule has 7 nitrogen and oxygen atoms in total. The summed E-state index contributed by atoms with van der Waals surface area (Å²) in [6.45, 7) is 1.01. The van der Waals surface area contributed by atoms with Crippen LogP contribution in [0.5, 0.6) is 0 Å². The van der Waals surface area contributed by atoms with Crippen molar-refractivity contribution < 1.29 is 22.4 Å². The summed E-state index contributed by atoms with van der Waals surface area (Å²) < 4.78 is 43.7. The Hall–Kier alpha value is -3.92. The summed E-state index contributed by atoms with van der Waals surface area (Å²) in [5.41, 5.74) is 0.906. The second-order valence-electron chi connectivity index (χ2n) is 9.61. The molecule has 224 valence electrons. The van der Waals surface area contributed by atoms with Gasteiger partial charge in [0, 0.05) is 25.1 Å². The molecule has 11 heteroatoms. The lowest BCUT2D eigenvalue weighted by molar-refractivity contribution is -0.140. The molecule has 4 aromatic rings. The van der Waals surface area contributed by atoms with Gasteiger partial charge in [0.05, 0.1) is 20.6 Å². The second kappa shape index (κ2) is 14.5. The molecule has 0 saturated heterocycles. The highest BCUT2D eigenvalue weighted by Crippen LogP contribution is 2.35. The third kappa shape index (κ3) is 7.73. The first-order valence-electron chi connectivity index (χ1n) is 13.5. The summed E-state index contributed by atoms with van der Waals surface area (Å²) in [4.78, 5) is 28.9. The van der Waals surface area contributed by atoms with Crippen LogP contribution in [-0.4, -0.2) is 44.3 Å². The molecule has 0 aliphatic heterocycles. The Kier molecular flexibility index (Phi) is 10.8. The van der Waals surface area contributed by atoms with Crippen molar-refractivity contribution in [2.75, 3.05) is 17.4 Å². The van der Waals surface area contributed by atoms with E-state index in [2.05, 4.69) is 5.32 Å². The van der Waals surface area contributed by atoms with Crippen LogP contribution in [-0.2, 0) is 32.6 Å². The molecule has 0 radical (unpaired) electrons. The van der Waals surface area contributed by atoms with Gasteiger partial charge in [0.25, 0.3) is 10.0 Å². The van der Waals surface area contributed by atoms with E-state index in [9.17, 15) is 22.4 Å². The smallest absolute Gasteiger partial charge is 0.264 e. The highest BCUT2D eigenvalue weighted by Gasteiger charge is 2.35. The zero-order valence-electron chi connectivity index (χ0n) is 23.3. The molecule has 4 rings (SSSR count). The Bertz CT molecular complexity index is 1670. The number of benzene rings is 4. The summed E-state index contributed by atoms with van der Waals surface area (Å²) in [6, 6.07) is 25.9. The van der Waals surface area contributed by atoms with Crippen LogP contribution in [0.3, 0.4) is 0 Å². The molecule has 0 heterocycles. The molecule has 2 amide bonds. The molecular weight excluding hydrogens is 612 g/mol. The van der Waals surface area contributed by atoms with Crippen molar-refractivity contribution in [2.24, 2.45) is 0 Å². The van der Waals surface area contributed by atoms with Crippen LogP contribution in [0.4, 0.5) is 10.1 Å². The quantitative estimate of drug-likeness (QED) is 0.202. The number of hydrogen-bond acceptors (Lipinski definition) is 4. The van der Waals surface area contributed by atoms with E-state index in [-0.39, 0.29) is 39.2 Å². The number of likely N-dealkylation sites (N-methyl/N-ethyl adjacent to an activating group) is 1. The molecule has 0 unspecified atom stereocenters. The van der Waals surface area contributed by atoms with Crippen molar-refractivity contribution in [3.8, 4) is 0 Å². The van der Waals surface area contributed by atoms with E-state index in [1.807, 2.05) is 30.3 Å². The summed E-state index contributed by atoms with van der Waals surface area (Å²) in [5, 5.41) is 2.78. The lowest BCUT2D eigenvalue weighted by Crippen LogP contribution is -2.53. The number of amides is 2. The highest BCUT2D eigenvalue weighted by molar-refractivity contribution is 7.92. The maximum atomic E-state index is 14.9. The van der Waals surface area contributed by atoms with Crippen LogP contribution in [0, 0.1) is 5.82 Å². The largest absolute Gasteiger partial charge is 0.355 e. The summed E-state index contributed by atoms with van der Waals surface area (Å²) in [5.74, 6) is -1.78. The minimum Gasteiger partial charge on any atom is -0.355 e. The Morgan fingerprint density at radius 3 is 2.14 bits per heavy atom. The third-order valence-corrected chi connectivity index (χ3v) is 9.31. The van der Waals surface area contributed by atoms with Crippen LogP contribution in [0.25, 0.3) is 0 Å². The van der Waals surface area contributed by atoms with Gasteiger partial charge in [-0.25, -0.2) is 12.8 Å². The zero-order chi connectivity index (χ0) is 31.0. The van der Waals surface area contributed by atoms with Crippen molar-refractivity contribution >= 4 is 50.7 Å². The van der Waals surface area contributed by atoms with Gasteiger partial charge in [-0.2, -0.15) is 0 Å². The molecule has 0 spiro atoms. The molecule has 0 aromatic heterocycles. The Balaban J connectivity index is 1.83. The lowest BCUT2D eigenvalue weighted by atomic mass is 10.0. The van der Waals surface area contributed by atoms with Gasteiger partial charge < -0.3 is 10.2 Å². The molecule has 0 bridgehead atoms. The minimum atomic E-state index is -4.35. The van der Waals surface area contributed by atoms with Crippen LogP contribution >= 0.6 is 23.2 Å². The number of carbonyl (C=O) groups excluding carboxylic acids is 2. The third-order valence-electron chi connectivity index (χ3n) is 6.73. The fraction of sp³-hybridized carbons (Fsp3) is 0.188. The van der Waals surface area contributed by atoms with Crippen LogP contribution < -0.4 is 9.62 Å². The predicted octanol–water partition coefficient (Wildman–Crippen LogP) is 6.10. The maximum absolute atomic E-state index is 14.9. The van der Waals surface area contributed by atoms with Crippen molar-refractivity contribution in [1.82, 2.24) is 10.2 Å². The van der Waals surface area contributed by atoms with E-state index < -0.39 is 40.2 Å². The zero-order valence-corrected chi connectivity index (χ0v) is 25.6. The average molecular weight is 643 g/mol. The number of nitrogens with zero attached hydrogens (tertiary/aromatic N) is 2. The van der Waals surface area contributed by atoms with Crippen molar-refractivity contribution in [3.63, 3.8) is 0 Å². The molecule has 0 saturated carbocycles. The van der Waals surface area contributed by atoms with Gasteiger partial charge in [-0.1, -0.05) is 96.0 Å².